The van der Waals surface area contributed by atoms with Gasteiger partial charge in [-0.1, -0.05) is 54.6 Å². The molecule has 0 bridgehead atoms. The minimum atomic E-state index is -4.81. The zero-order valence-electron chi connectivity index (χ0n) is 22.5. The van der Waals surface area contributed by atoms with Crippen LogP contribution in [0.25, 0.3) is 16.5 Å². The molecule has 0 spiro atoms. The molecule has 2 aliphatic rings. The molecule has 0 saturated carbocycles. The number of aryl methyl sites for hydroxylation is 1. The second-order valence-corrected chi connectivity index (χ2v) is 10.2. The lowest BCUT2D eigenvalue weighted by Crippen LogP contribution is -2.46. The van der Waals surface area contributed by atoms with E-state index in [0.717, 1.165) is 12.0 Å². The minimum Gasteiger partial charge on any atom is -0.467 e. The van der Waals surface area contributed by atoms with Crippen LogP contribution in [0, 0.1) is 0 Å². The van der Waals surface area contributed by atoms with E-state index in [4.69, 9.17) is 4.74 Å². The van der Waals surface area contributed by atoms with Crippen molar-refractivity contribution in [2.45, 2.75) is 25.1 Å². The van der Waals surface area contributed by atoms with Crippen molar-refractivity contribution in [1.29, 1.82) is 0 Å². The van der Waals surface area contributed by atoms with Crippen LogP contribution < -0.4 is 5.56 Å². The summed E-state index contributed by atoms with van der Waals surface area (Å²) in [5.74, 6) is -2.07. The number of rotatable bonds is 5. The Morgan fingerprint density at radius 3 is 2.17 bits per heavy atom. The van der Waals surface area contributed by atoms with Gasteiger partial charge in [0.2, 0.25) is 0 Å². The van der Waals surface area contributed by atoms with Gasteiger partial charge in [-0.3, -0.25) is 19.3 Å². The van der Waals surface area contributed by atoms with Gasteiger partial charge in [-0.2, -0.15) is 13.2 Å². The number of fused-ring (bicyclic) bond motifs is 3. The van der Waals surface area contributed by atoms with Crippen molar-refractivity contribution in [1.82, 2.24) is 9.47 Å². The van der Waals surface area contributed by atoms with Gasteiger partial charge in [0.05, 0.1) is 34.9 Å². The van der Waals surface area contributed by atoms with Crippen LogP contribution in [0.15, 0.2) is 77.6 Å². The highest BCUT2D eigenvalue weighted by Crippen LogP contribution is 2.43. The number of pyridine rings is 1. The van der Waals surface area contributed by atoms with E-state index in [2.05, 4.69) is 0 Å². The van der Waals surface area contributed by atoms with E-state index < -0.39 is 46.7 Å². The van der Waals surface area contributed by atoms with E-state index >= 15 is 0 Å². The first-order valence-corrected chi connectivity index (χ1v) is 13.1. The number of imide groups is 1. The monoisotopic (exact) mass is 572 g/mol. The van der Waals surface area contributed by atoms with Gasteiger partial charge < -0.3 is 9.30 Å². The highest BCUT2D eigenvalue weighted by molar-refractivity contribution is 6.22. The predicted molar refractivity (Wildman–Crippen MR) is 148 cm³/mol. The number of carbonyl (C=O) groups excluding carboxylic acids is 3. The smallest absolute Gasteiger partial charge is 0.417 e. The van der Waals surface area contributed by atoms with Gasteiger partial charge in [-0.25, -0.2) is 4.79 Å². The molecule has 42 heavy (non-hydrogen) atoms. The Morgan fingerprint density at radius 2 is 1.52 bits per heavy atom. The third kappa shape index (κ3) is 4.05. The summed E-state index contributed by atoms with van der Waals surface area (Å²) in [6, 6.07) is 15.7. The van der Waals surface area contributed by atoms with E-state index in [1.54, 1.807) is 42.5 Å². The molecule has 4 aromatic rings. The molecule has 6 rings (SSSR count). The molecule has 0 fully saturated rings. The number of ether oxygens (including phenoxy) is 1. The second-order valence-electron chi connectivity index (χ2n) is 10.2. The molecule has 212 valence electrons. The number of amides is 2. The summed E-state index contributed by atoms with van der Waals surface area (Å²) in [5.41, 5.74) is -0.0583. The summed E-state index contributed by atoms with van der Waals surface area (Å²) in [6.07, 6.45) is -3.18. The van der Waals surface area contributed by atoms with Gasteiger partial charge >= 0.3 is 12.1 Å². The quantitative estimate of drug-likeness (QED) is 0.250. The first-order chi connectivity index (χ1) is 20.0. The summed E-state index contributed by atoms with van der Waals surface area (Å²) in [6.45, 7) is 0. The van der Waals surface area contributed by atoms with Crippen molar-refractivity contribution in [2.24, 2.45) is 7.05 Å². The number of methoxy groups -OCH3 is 1. The SMILES string of the molecule is COC(=O)[C@H](Cc1cccc2c1CC=C2c1c(C(F)(F)F)c2ccccc2n(C)c1=O)N1C(=O)c2ccccc2C1=O. The summed E-state index contributed by atoms with van der Waals surface area (Å²) >= 11 is 0. The van der Waals surface area contributed by atoms with Crippen LogP contribution in [0.4, 0.5) is 13.2 Å². The van der Waals surface area contributed by atoms with Crippen LogP contribution >= 0.6 is 0 Å². The fourth-order valence-electron chi connectivity index (χ4n) is 6.03. The molecule has 0 unspecified atom stereocenters. The number of carbonyl (C=O) groups is 3. The molecule has 1 aromatic heterocycles. The topological polar surface area (TPSA) is 85.7 Å². The van der Waals surface area contributed by atoms with Crippen LogP contribution in [0.3, 0.4) is 0 Å². The van der Waals surface area contributed by atoms with Gasteiger partial charge in [-0.05, 0) is 46.9 Å². The predicted octanol–water partition coefficient (Wildman–Crippen LogP) is 4.93. The van der Waals surface area contributed by atoms with Crippen LogP contribution in [0.2, 0.25) is 0 Å². The lowest BCUT2D eigenvalue weighted by Gasteiger charge is -2.25. The van der Waals surface area contributed by atoms with Gasteiger partial charge in [0.25, 0.3) is 17.4 Å². The number of hydrogen-bond donors (Lipinski definition) is 0. The third-order valence-electron chi connectivity index (χ3n) is 7.95. The molecule has 1 aliphatic carbocycles. The fourth-order valence-corrected chi connectivity index (χ4v) is 6.03. The van der Waals surface area contributed by atoms with Gasteiger partial charge in [0, 0.05) is 18.9 Å². The molecule has 0 N–H and O–H groups in total. The Bertz CT molecular complexity index is 1890. The Hall–Kier alpha value is -4.99. The lowest BCUT2D eigenvalue weighted by molar-refractivity contribution is -0.145. The summed E-state index contributed by atoms with van der Waals surface area (Å²) < 4.78 is 49.8. The zero-order chi connectivity index (χ0) is 29.9. The average Bonchev–Trinajstić information content (AvgIpc) is 3.51. The Morgan fingerprint density at radius 1 is 0.905 bits per heavy atom. The molecule has 0 saturated heterocycles. The number of benzene rings is 3. The van der Waals surface area contributed by atoms with Gasteiger partial charge in [0.15, 0.2) is 0 Å². The number of allylic oxidation sites excluding steroid dienone is 1. The number of esters is 1. The van der Waals surface area contributed by atoms with E-state index in [1.165, 1.54) is 41.9 Å². The Kier molecular flexibility index (Phi) is 6.36. The Labute approximate surface area is 237 Å². The molecule has 3 aromatic carbocycles. The van der Waals surface area contributed by atoms with Gasteiger partial charge in [0.1, 0.15) is 6.04 Å². The molecule has 2 heterocycles. The molecule has 7 nitrogen and oxygen atoms in total. The first-order valence-electron chi connectivity index (χ1n) is 13.1. The number of alkyl halides is 3. The first kappa shape index (κ1) is 27.2. The second kappa shape index (κ2) is 9.83. The van der Waals surface area contributed by atoms with Crippen LogP contribution in [0.1, 0.15) is 48.5 Å². The number of hydrogen-bond acceptors (Lipinski definition) is 5. The Balaban J connectivity index is 1.45. The number of nitrogens with zero attached hydrogens (tertiary/aromatic N) is 2. The van der Waals surface area contributed by atoms with Crippen LogP contribution in [-0.2, 0) is 35.6 Å². The van der Waals surface area contributed by atoms with Gasteiger partial charge in [-0.15, -0.1) is 0 Å². The molecule has 10 heteroatoms. The van der Waals surface area contributed by atoms with Crippen molar-refractivity contribution in [2.75, 3.05) is 7.11 Å². The normalized spacial score (nSPS) is 15.1. The maximum Gasteiger partial charge on any atom is 0.417 e. The van der Waals surface area contributed by atoms with Crippen molar-refractivity contribution in [3.05, 3.63) is 122 Å². The molecule has 2 amide bonds. The lowest BCUT2D eigenvalue weighted by atomic mass is 9.90. The maximum atomic E-state index is 14.6. The highest BCUT2D eigenvalue weighted by Gasteiger charge is 2.44. The average molecular weight is 573 g/mol. The summed E-state index contributed by atoms with van der Waals surface area (Å²) in [7, 11) is 2.58. The molecule has 1 aliphatic heterocycles. The fraction of sp³-hybridized carbons (Fsp3) is 0.188. The number of para-hydroxylation sites is 1. The molecular weight excluding hydrogens is 549 g/mol. The van der Waals surface area contributed by atoms with Crippen molar-refractivity contribution < 1.29 is 32.3 Å². The van der Waals surface area contributed by atoms with Crippen molar-refractivity contribution in [3.63, 3.8) is 0 Å². The van der Waals surface area contributed by atoms with E-state index in [0.29, 0.717) is 16.7 Å². The van der Waals surface area contributed by atoms with Crippen LogP contribution in [-0.4, -0.2) is 40.4 Å². The minimum absolute atomic E-state index is 0.0935. The summed E-state index contributed by atoms with van der Waals surface area (Å²) in [4.78, 5) is 53.7. The molecular formula is C32H23F3N2O5. The zero-order valence-corrected chi connectivity index (χ0v) is 22.5. The maximum absolute atomic E-state index is 14.6. The van der Waals surface area contributed by atoms with E-state index in [9.17, 15) is 32.3 Å². The standard InChI is InChI=1S/C32H23F3N2O5/c1-36-24-13-6-5-11-23(24)27(32(33,34)35)26(30(36)40)20-15-14-18-17(8-7-12-19(18)20)16-25(31(41)42-2)37-28(38)21-9-3-4-10-22(21)29(37)39/h3-13,15,25H,14,16H2,1-2H3/t25-/m0/s1. The highest BCUT2D eigenvalue weighted by atomic mass is 19.4. The molecule has 0 radical (unpaired) electrons. The van der Waals surface area contributed by atoms with Crippen molar-refractivity contribution in [3.8, 4) is 0 Å². The third-order valence-corrected chi connectivity index (χ3v) is 7.95. The number of halogens is 3. The molecule has 1 atom stereocenters. The number of aromatic nitrogens is 1. The van der Waals surface area contributed by atoms with E-state index in [1.807, 2.05) is 0 Å². The largest absolute Gasteiger partial charge is 0.467 e. The van der Waals surface area contributed by atoms with E-state index in [-0.39, 0.29) is 40.4 Å². The van der Waals surface area contributed by atoms with Crippen LogP contribution in [0.5, 0.6) is 0 Å². The summed E-state index contributed by atoms with van der Waals surface area (Å²) in [5, 5.41) is -0.0935. The van der Waals surface area contributed by atoms with Crippen molar-refractivity contribution >= 4 is 34.3 Å².